The standard InChI is InChI=1S/C16H20N2O5/c1-3-23-15(21)13-10(2)18(7-8-19)16(22)17-14(13)11-5-4-6-12(20)9-11/h4-6,9,14,19-20H,3,7-8H2,1-2H3,(H,17,22)/t14-/m1/s1. The number of aromatic hydroxyl groups is 1. The molecule has 1 atom stereocenters. The normalized spacial score (nSPS) is 18.0. The van der Waals surface area contributed by atoms with Gasteiger partial charge in [0.15, 0.2) is 0 Å². The average molecular weight is 320 g/mol. The van der Waals surface area contributed by atoms with Crippen LogP contribution in [0.25, 0.3) is 0 Å². The Kier molecular flexibility index (Phi) is 5.23. The molecule has 0 saturated heterocycles. The molecule has 0 radical (unpaired) electrons. The summed E-state index contributed by atoms with van der Waals surface area (Å²) in [5, 5.41) is 21.5. The van der Waals surface area contributed by atoms with Crippen molar-refractivity contribution in [2.24, 2.45) is 0 Å². The third-order valence-corrected chi connectivity index (χ3v) is 3.62. The van der Waals surface area contributed by atoms with E-state index in [2.05, 4.69) is 5.32 Å². The SMILES string of the molecule is CCOC(=O)C1=C(C)N(CCO)C(=O)N[C@@H]1c1cccc(O)c1. The Morgan fingerprint density at radius 3 is 2.78 bits per heavy atom. The molecular weight excluding hydrogens is 300 g/mol. The number of nitrogens with zero attached hydrogens (tertiary/aromatic N) is 1. The van der Waals surface area contributed by atoms with Crippen molar-refractivity contribution >= 4 is 12.0 Å². The molecule has 1 heterocycles. The Labute approximate surface area is 134 Å². The van der Waals surface area contributed by atoms with Crippen molar-refractivity contribution in [2.45, 2.75) is 19.9 Å². The summed E-state index contributed by atoms with van der Waals surface area (Å²) >= 11 is 0. The van der Waals surface area contributed by atoms with Crippen molar-refractivity contribution < 1.29 is 24.5 Å². The molecule has 7 nitrogen and oxygen atoms in total. The first-order valence-corrected chi connectivity index (χ1v) is 7.35. The summed E-state index contributed by atoms with van der Waals surface area (Å²) in [6, 6.07) is 5.20. The van der Waals surface area contributed by atoms with E-state index in [0.717, 1.165) is 0 Å². The van der Waals surface area contributed by atoms with Gasteiger partial charge in [-0.2, -0.15) is 0 Å². The summed E-state index contributed by atoms with van der Waals surface area (Å²) < 4.78 is 5.10. The van der Waals surface area contributed by atoms with E-state index in [1.807, 2.05) is 0 Å². The summed E-state index contributed by atoms with van der Waals surface area (Å²) in [4.78, 5) is 25.9. The maximum absolute atomic E-state index is 12.4. The maximum atomic E-state index is 12.4. The highest BCUT2D eigenvalue weighted by Crippen LogP contribution is 2.32. The number of ether oxygens (including phenoxy) is 1. The van der Waals surface area contributed by atoms with Crippen LogP contribution in [0.5, 0.6) is 5.75 Å². The predicted octanol–water partition coefficient (Wildman–Crippen LogP) is 1.29. The maximum Gasteiger partial charge on any atom is 0.338 e. The Morgan fingerprint density at radius 1 is 1.43 bits per heavy atom. The van der Waals surface area contributed by atoms with Crippen molar-refractivity contribution in [1.82, 2.24) is 10.2 Å². The minimum absolute atomic E-state index is 0.0374. The van der Waals surface area contributed by atoms with Gasteiger partial charge in [-0.3, -0.25) is 4.90 Å². The van der Waals surface area contributed by atoms with Crippen LogP contribution >= 0.6 is 0 Å². The zero-order valence-electron chi connectivity index (χ0n) is 13.1. The highest BCUT2D eigenvalue weighted by Gasteiger charge is 2.36. The fraction of sp³-hybridized carbons (Fsp3) is 0.375. The summed E-state index contributed by atoms with van der Waals surface area (Å²) in [7, 11) is 0. The molecular formula is C16H20N2O5. The molecule has 3 N–H and O–H groups in total. The molecule has 0 saturated carbocycles. The van der Waals surface area contributed by atoms with Gasteiger partial charge in [-0.05, 0) is 31.5 Å². The van der Waals surface area contributed by atoms with Crippen molar-refractivity contribution in [3.05, 3.63) is 41.1 Å². The van der Waals surface area contributed by atoms with Crippen LogP contribution in [0.2, 0.25) is 0 Å². The molecule has 1 aliphatic rings. The second kappa shape index (κ2) is 7.15. The molecule has 124 valence electrons. The zero-order chi connectivity index (χ0) is 17.0. The lowest BCUT2D eigenvalue weighted by Crippen LogP contribution is -2.48. The number of amides is 2. The molecule has 0 aliphatic carbocycles. The van der Waals surface area contributed by atoms with Crippen molar-refractivity contribution in [2.75, 3.05) is 19.8 Å². The molecule has 0 bridgehead atoms. The number of nitrogens with one attached hydrogen (secondary N) is 1. The zero-order valence-corrected chi connectivity index (χ0v) is 13.1. The third kappa shape index (κ3) is 3.45. The Morgan fingerprint density at radius 2 is 2.17 bits per heavy atom. The predicted molar refractivity (Wildman–Crippen MR) is 82.5 cm³/mol. The summed E-state index contributed by atoms with van der Waals surface area (Å²) in [5.74, 6) is -0.503. The van der Waals surface area contributed by atoms with E-state index in [1.165, 1.54) is 17.0 Å². The fourth-order valence-corrected chi connectivity index (χ4v) is 2.58. The number of β-amino-alcohol motifs (C(OH)–C–C–N with tert-alkyl or cyclic N) is 1. The largest absolute Gasteiger partial charge is 0.508 e. The molecule has 0 aromatic heterocycles. The van der Waals surface area contributed by atoms with Crippen LogP contribution in [0.3, 0.4) is 0 Å². The summed E-state index contributed by atoms with van der Waals surface area (Å²) in [6.07, 6.45) is 0. The van der Waals surface area contributed by atoms with E-state index in [9.17, 15) is 14.7 Å². The van der Waals surface area contributed by atoms with Gasteiger partial charge in [0.25, 0.3) is 0 Å². The number of hydrogen-bond acceptors (Lipinski definition) is 5. The van der Waals surface area contributed by atoms with E-state index < -0.39 is 18.0 Å². The van der Waals surface area contributed by atoms with Gasteiger partial charge >= 0.3 is 12.0 Å². The minimum Gasteiger partial charge on any atom is -0.508 e. The molecule has 1 aliphatic heterocycles. The summed E-state index contributed by atoms with van der Waals surface area (Å²) in [5.41, 5.74) is 1.28. The number of aliphatic hydroxyl groups excluding tert-OH is 1. The van der Waals surface area contributed by atoms with Gasteiger partial charge in [0.05, 0.1) is 31.4 Å². The lowest BCUT2D eigenvalue weighted by molar-refractivity contribution is -0.139. The number of carbonyl (C=O) groups excluding carboxylic acids is 2. The number of benzene rings is 1. The van der Waals surface area contributed by atoms with Gasteiger partial charge < -0.3 is 20.3 Å². The van der Waals surface area contributed by atoms with Crippen LogP contribution < -0.4 is 5.32 Å². The molecule has 0 unspecified atom stereocenters. The first-order valence-electron chi connectivity index (χ1n) is 7.35. The number of hydrogen-bond donors (Lipinski definition) is 3. The van der Waals surface area contributed by atoms with Crippen LogP contribution in [0.1, 0.15) is 25.5 Å². The first-order chi connectivity index (χ1) is 11.0. The van der Waals surface area contributed by atoms with E-state index in [1.54, 1.807) is 26.0 Å². The molecule has 1 aromatic carbocycles. The molecule has 0 fully saturated rings. The van der Waals surface area contributed by atoms with E-state index in [0.29, 0.717) is 11.3 Å². The molecule has 23 heavy (non-hydrogen) atoms. The molecule has 1 aromatic rings. The van der Waals surface area contributed by atoms with Gasteiger partial charge in [-0.15, -0.1) is 0 Å². The van der Waals surface area contributed by atoms with Gasteiger partial charge in [-0.1, -0.05) is 12.1 Å². The summed E-state index contributed by atoms with van der Waals surface area (Å²) in [6.45, 7) is 3.39. The monoisotopic (exact) mass is 320 g/mol. The number of allylic oxidation sites excluding steroid dienone is 1. The first kappa shape index (κ1) is 16.8. The van der Waals surface area contributed by atoms with Gasteiger partial charge in [0, 0.05) is 5.70 Å². The third-order valence-electron chi connectivity index (χ3n) is 3.62. The number of phenols is 1. The molecule has 2 amide bonds. The Balaban J connectivity index is 2.51. The lowest BCUT2D eigenvalue weighted by Gasteiger charge is -2.35. The number of rotatable bonds is 5. The number of aliphatic hydroxyl groups is 1. The topological polar surface area (TPSA) is 99.1 Å². The lowest BCUT2D eigenvalue weighted by atomic mass is 9.94. The quantitative estimate of drug-likeness (QED) is 0.710. The number of phenolic OH excluding ortho intramolecular Hbond substituents is 1. The molecule has 0 spiro atoms. The van der Waals surface area contributed by atoms with E-state index in [-0.39, 0.29) is 31.1 Å². The van der Waals surface area contributed by atoms with Gasteiger partial charge in [0.1, 0.15) is 5.75 Å². The second-order valence-electron chi connectivity index (χ2n) is 5.07. The highest BCUT2D eigenvalue weighted by atomic mass is 16.5. The minimum atomic E-state index is -0.719. The van der Waals surface area contributed by atoms with Gasteiger partial charge in [0.2, 0.25) is 0 Å². The van der Waals surface area contributed by atoms with Crippen LogP contribution in [0.15, 0.2) is 35.5 Å². The van der Waals surface area contributed by atoms with Crippen molar-refractivity contribution in [3.8, 4) is 5.75 Å². The number of esters is 1. The van der Waals surface area contributed by atoms with Gasteiger partial charge in [-0.25, -0.2) is 9.59 Å². The van der Waals surface area contributed by atoms with Crippen LogP contribution in [-0.4, -0.2) is 46.9 Å². The average Bonchev–Trinajstić information content (AvgIpc) is 2.51. The van der Waals surface area contributed by atoms with E-state index in [4.69, 9.17) is 9.84 Å². The number of urea groups is 1. The van der Waals surface area contributed by atoms with Crippen molar-refractivity contribution in [3.63, 3.8) is 0 Å². The van der Waals surface area contributed by atoms with Crippen LogP contribution in [0.4, 0.5) is 4.79 Å². The second-order valence-corrected chi connectivity index (χ2v) is 5.07. The van der Waals surface area contributed by atoms with Crippen molar-refractivity contribution in [1.29, 1.82) is 0 Å². The van der Waals surface area contributed by atoms with Crippen LogP contribution in [-0.2, 0) is 9.53 Å². The Hall–Kier alpha value is -2.54. The number of carbonyl (C=O) groups is 2. The molecule has 7 heteroatoms. The van der Waals surface area contributed by atoms with Crippen LogP contribution in [0, 0.1) is 0 Å². The fourth-order valence-electron chi connectivity index (χ4n) is 2.58. The molecule has 2 rings (SSSR count). The van der Waals surface area contributed by atoms with E-state index >= 15 is 0 Å². The Bertz CT molecular complexity index is 641. The highest BCUT2D eigenvalue weighted by molar-refractivity contribution is 5.95. The smallest absolute Gasteiger partial charge is 0.338 e.